The fourth-order valence-electron chi connectivity index (χ4n) is 3.09. The maximum Gasteiger partial charge on any atom is 0.0737 e. The molecule has 0 atom stereocenters. The number of aliphatic hydroxyl groups excluding tert-OH is 1. The van der Waals surface area contributed by atoms with Crippen molar-refractivity contribution in [2.45, 2.75) is 12.8 Å². The number of aliphatic hydroxyl groups is 1. The average Bonchev–Trinajstić information content (AvgIpc) is 2.54. The molecule has 5 heteroatoms. The highest BCUT2D eigenvalue weighted by atomic mass is 35.5. The summed E-state index contributed by atoms with van der Waals surface area (Å²) in [5.41, 5.74) is 2.05. The third-order valence-electron chi connectivity index (χ3n) is 4.41. The molecule has 1 aliphatic heterocycles. The number of β-amino-alcohol motifs (C(OH)–C–C–N with tert-alkyl or cyclic N) is 1. The van der Waals surface area contributed by atoms with Crippen LogP contribution in [0, 0.1) is 5.92 Å². The molecule has 0 bridgehead atoms. The highest BCUT2D eigenvalue weighted by molar-refractivity contribution is 6.31. The van der Waals surface area contributed by atoms with Crippen molar-refractivity contribution < 1.29 is 5.11 Å². The minimum Gasteiger partial charge on any atom is -0.395 e. The van der Waals surface area contributed by atoms with Gasteiger partial charge in [-0.25, -0.2) is 0 Å². The van der Waals surface area contributed by atoms with E-state index in [1.54, 1.807) is 0 Å². The zero-order valence-corrected chi connectivity index (χ0v) is 13.4. The summed E-state index contributed by atoms with van der Waals surface area (Å²) in [6.45, 7) is 4.21. The molecule has 1 fully saturated rings. The zero-order valence-electron chi connectivity index (χ0n) is 12.6. The first-order chi connectivity index (χ1) is 10.8. The minimum absolute atomic E-state index is 0.258. The van der Waals surface area contributed by atoms with E-state index >= 15 is 0 Å². The predicted molar refractivity (Wildman–Crippen MR) is 91.5 cm³/mol. The van der Waals surface area contributed by atoms with Crippen molar-refractivity contribution in [1.82, 2.24) is 9.88 Å². The van der Waals surface area contributed by atoms with Crippen LogP contribution in [0.15, 0.2) is 30.5 Å². The monoisotopic (exact) mass is 319 g/mol. The molecule has 118 valence electrons. The van der Waals surface area contributed by atoms with Gasteiger partial charge in [-0.3, -0.25) is 4.98 Å². The molecule has 0 amide bonds. The van der Waals surface area contributed by atoms with Crippen LogP contribution in [0.5, 0.6) is 0 Å². The molecule has 0 saturated carbocycles. The van der Waals surface area contributed by atoms with Crippen molar-refractivity contribution >= 4 is 28.2 Å². The first-order valence-corrected chi connectivity index (χ1v) is 8.25. The Balaban J connectivity index is 1.60. The maximum atomic E-state index is 8.99. The van der Waals surface area contributed by atoms with E-state index in [1.807, 2.05) is 30.5 Å². The van der Waals surface area contributed by atoms with Crippen LogP contribution in [0.2, 0.25) is 5.02 Å². The lowest BCUT2D eigenvalue weighted by atomic mass is 9.96. The van der Waals surface area contributed by atoms with Gasteiger partial charge in [0.25, 0.3) is 0 Å². The zero-order chi connectivity index (χ0) is 15.4. The van der Waals surface area contributed by atoms with Gasteiger partial charge in [0.1, 0.15) is 0 Å². The van der Waals surface area contributed by atoms with E-state index in [-0.39, 0.29) is 6.61 Å². The quantitative estimate of drug-likeness (QED) is 0.889. The Morgan fingerprint density at radius 1 is 1.27 bits per heavy atom. The Kier molecular flexibility index (Phi) is 5.13. The standard InChI is InChI=1S/C17H22ClN3O/c18-14-1-2-15-16(3-6-19-17(15)11-14)20-12-13-4-7-21(8-5-13)9-10-22/h1-3,6,11,13,22H,4-5,7-10,12H2,(H,19,20). The number of rotatable bonds is 5. The summed E-state index contributed by atoms with van der Waals surface area (Å²) >= 11 is 6.03. The normalized spacial score (nSPS) is 17.0. The van der Waals surface area contributed by atoms with E-state index in [0.717, 1.165) is 42.8 Å². The number of nitrogens with one attached hydrogen (secondary N) is 1. The van der Waals surface area contributed by atoms with Crippen LogP contribution >= 0.6 is 11.6 Å². The molecule has 2 heterocycles. The van der Waals surface area contributed by atoms with Crippen molar-refractivity contribution in [3.05, 3.63) is 35.5 Å². The number of nitrogens with zero attached hydrogens (tertiary/aromatic N) is 2. The van der Waals surface area contributed by atoms with E-state index in [2.05, 4.69) is 15.2 Å². The van der Waals surface area contributed by atoms with Crippen LogP contribution in [0.4, 0.5) is 5.69 Å². The van der Waals surface area contributed by atoms with Crippen LogP contribution in [0.25, 0.3) is 10.9 Å². The van der Waals surface area contributed by atoms with E-state index in [9.17, 15) is 0 Å². The van der Waals surface area contributed by atoms with Gasteiger partial charge in [-0.1, -0.05) is 11.6 Å². The number of aromatic nitrogens is 1. The lowest BCUT2D eigenvalue weighted by Gasteiger charge is -2.31. The molecule has 0 aliphatic carbocycles. The largest absolute Gasteiger partial charge is 0.395 e. The van der Waals surface area contributed by atoms with Gasteiger partial charge < -0.3 is 15.3 Å². The number of likely N-dealkylation sites (tertiary alicyclic amines) is 1. The van der Waals surface area contributed by atoms with Crippen LogP contribution in [-0.4, -0.2) is 47.8 Å². The van der Waals surface area contributed by atoms with Gasteiger partial charge >= 0.3 is 0 Å². The Morgan fingerprint density at radius 2 is 2.09 bits per heavy atom. The number of halogens is 1. The molecule has 0 spiro atoms. The van der Waals surface area contributed by atoms with E-state index in [1.165, 1.54) is 12.8 Å². The summed E-state index contributed by atoms with van der Waals surface area (Å²) in [6.07, 6.45) is 4.19. The third-order valence-corrected chi connectivity index (χ3v) is 4.64. The van der Waals surface area contributed by atoms with Gasteiger partial charge in [0.05, 0.1) is 12.1 Å². The number of piperidine rings is 1. The second-order valence-corrected chi connectivity index (χ2v) is 6.35. The Morgan fingerprint density at radius 3 is 2.86 bits per heavy atom. The van der Waals surface area contributed by atoms with Gasteiger partial charge in [-0.2, -0.15) is 0 Å². The molecule has 0 unspecified atom stereocenters. The van der Waals surface area contributed by atoms with Gasteiger partial charge in [0.2, 0.25) is 0 Å². The Labute approximate surface area is 136 Å². The summed E-state index contributed by atoms with van der Waals surface area (Å²) in [6, 6.07) is 7.85. The first kappa shape index (κ1) is 15.5. The highest BCUT2D eigenvalue weighted by Gasteiger charge is 2.18. The van der Waals surface area contributed by atoms with E-state index in [4.69, 9.17) is 16.7 Å². The fourth-order valence-corrected chi connectivity index (χ4v) is 3.25. The van der Waals surface area contributed by atoms with Crippen LogP contribution in [0.3, 0.4) is 0 Å². The van der Waals surface area contributed by atoms with Gasteiger partial charge in [0.15, 0.2) is 0 Å². The smallest absolute Gasteiger partial charge is 0.0737 e. The van der Waals surface area contributed by atoms with E-state index < -0.39 is 0 Å². The third kappa shape index (κ3) is 3.69. The maximum absolute atomic E-state index is 8.99. The summed E-state index contributed by atoms with van der Waals surface area (Å²) in [5.74, 6) is 0.686. The number of hydrogen-bond donors (Lipinski definition) is 2. The molecule has 2 N–H and O–H groups in total. The highest BCUT2D eigenvalue weighted by Crippen LogP contribution is 2.25. The molecule has 1 aromatic heterocycles. The van der Waals surface area contributed by atoms with Crippen molar-refractivity contribution in [3.8, 4) is 0 Å². The molecular weight excluding hydrogens is 298 g/mol. The van der Waals surface area contributed by atoms with Crippen molar-refractivity contribution in [1.29, 1.82) is 0 Å². The summed E-state index contributed by atoms with van der Waals surface area (Å²) in [5, 5.41) is 14.4. The lowest BCUT2D eigenvalue weighted by Crippen LogP contribution is -2.37. The second kappa shape index (κ2) is 7.27. The lowest BCUT2D eigenvalue weighted by molar-refractivity contribution is 0.151. The molecule has 1 aromatic carbocycles. The SMILES string of the molecule is OCCN1CCC(CNc2ccnc3cc(Cl)ccc23)CC1. The number of pyridine rings is 1. The molecule has 1 aliphatic rings. The predicted octanol–water partition coefficient (Wildman–Crippen LogP) is 3.00. The van der Waals surface area contributed by atoms with Gasteiger partial charge in [0, 0.05) is 35.4 Å². The van der Waals surface area contributed by atoms with Crippen molar-refractivity contribution in [3.63, 3.8) is 0 Å². The second-order valence-electron chi connectivity index (χ2n) is 5.91. The molecule has 3 rings (SSSR count). The van der Waals surface area contributed by atoms with Crippen molar-refractivity contribution in [2.24, 2.45) is 5.92 Å². The van der Waals surface area contributed by atoms with E-state index in [0.29, 0.717) is 10.9 Å². The molecule has 4 nitrogen and oxygen atoms in total. The summed E-state index contributed by atoms with van der Waals surface area (Å²) < 4.78 is 0. The molecular formula is C17H22ClN3O. The summed E-state index contributed by atoms with van der Waals surface area (Å²) in [7, 11) is 0. The van der Waals surface area contributed by atoms with Crippen molar-refractivity contribution in [2.75, 3.05) is 38.1 Å². The van der Waals surface area contributed by atoms with Crippen LogP contribution < -0.4 is 5.32 Å². The first-order valence-electron chi connectivity index (χ1n) is 7.87. The number of anilines is 1. The molecule has 1 saturated heterocycles. The van der Waals surface area contributed by atoms with Gasteiger partial charge in [-0.05, 0) is 56.1 Å². The Hall–Kier alpha value is -1.36. The van der Waals surface area contributed by atoms with Gasteiger partial charge in [-0.15, -0.1) is 0 Å². The average molecular weight is 320 g/mol. The topological polar surface area (TPSA) is 48.4 Å². The summed E-state index contributed by atoms with van der Waals surface area (Å²) in [4.78, 5) is 6.71. The molecule has 2 aromatic rings. The van der Waals surface area contributed by atoms with Crippen LogP contribution in [-0.2, 0) is 0 Å². The Bertz CT molecular complexity index is 626. The number of benzene rings is 1. The number of fused-ring (bicyclic) bond motifs is 1. The molecule has 0 radical (unpaired) electrons. The molecule has 22 heavy (non-hydrogen) atoms. The number of hydrogen-bond acceptors (Lipinski definition) is 4. The van der Waals surface area contributed by atoms with Crippen LogP contribution in [0.1, 0.15) is 12.8 Å². The fraction of sp³-hybridized carbons (Fsp3) is 0.471. The minimum atomic E-state index is 0.258.